The number of carbonyl (C=O) groups excluding carboxylic acids is 1. The molecule has 0 bridgehead atoms. The quantitative estimate of drug-likeness (QED) is 0.672. The minimum Gasteiger partial charge on any atom is -0.489 e. The summed E-state index contributed by atoms with van der Waals surface area (Å²) in [5.74, 6) is -0.810. The number of carboxylic acids is 1. The lowest BCUT2D eigenvalue weighted by Crippen LogP contribution is -2.42. The molecule has 7 heteroatoms. The highest BCUT2D eigenvalue weighted by atomic mass is 16.5. The van der Waals surface area contributed by atoms with Crippen LogP contribution in [0, 0.1) is 0 Å². The van der Waals surface area contributed by atoms with Crippen molar-refractivity contribution in [2.45, 2.75) is 25.5 Å². The molecule has 1 amide bonds. The minimum atomic E-state index is -1.08. The van der Waals surface area contributed by atoms with Gasteiger partial charge in [-0.05, 0) is 23.8 Å². The van der Waals surface area contributed by atoms with Crippen molar-refractivity contribution in [3.63, 3.8) is 0 Å². The molecule has 1 atom stereocenters. The van der Waals surface area contributed by atoms with Crippen molar-refractivity contribution in [1.82, 2.24) is 10.3 Å². The standard InChI is InChI=1S/C19H22N2O5/c1-25-9-7-17(19(23)24)21-18(22)11-14-4-2-6-16(10-14)26-13-15-5-3-8-20-12-15/h2-6,8,10,12,17H,7,9,11,13H2,1H3,(H,21,22)(H,23,24). The lowest BCUT2D eigenvalue weighted by Gasteiger charge is -2.14. The van der Waals surface area contributed by atoms with Gasteiger partial charge < -0.3 is 19.9 Å². The Morgan fingerprint density at radius 1 is 1.23 bits per heavy atom. The molecule has 0 saturated carbocycles. The number of benzene rings is 1. The SMILES string of the molecule is COCCC(NC(=O)Cc1cccc(OCc2cccnc2)c1)C(=O)O. The van der Waals surface area contributed by atoms with Crippen molar-refractivity contribution in [2.24, 2.45) is 0 Å². The molecule has 1 heterocycles. The van der Waals surface area contributed by atoms with Crippen LogP contribution in [0.25, 0.3) is 0 Å². The van der Waals surface area contributed by atoms with Crippen molar-refractivity contribution in [3.05, 3.63) is 59.9 Å². The summed E-state index contributed by atoms with van der Waals surface area (Å²) in [6.45, 7) is 0.635. The van der Waals surface area contributed by atoms with Crippen molar-refractivity contribution in [1.29, 1.82) is 0 Å². The fourth-order valence-electron chi connectivity index (χ4n) is 2.32. The maximum atomic E-state index is 12.1. The summed E-state index contributed by atoms with van der Waals surface area (Å²) in [4.78, 5) is 27.3. The van der Waals surface area contributed by atoms with E-state index in [9.17, 15) is 9.59 Å². The first kappa shape index (κ1) is 19.4. The number of aromatic nitrogens is 1. The van der Waals surface area contributed by atoms with Crippen LogP contribution in [-0.2, 0) is 27.4 Å². The number of rotatable bonds is 10. The minimum absolute atomic E-state index is 0.0703. The molecule has 26 heavy (non-hydrogen) atoms. The number of nitrogens with zero attached hydrogens (tertiary/aromatic N) is 1. The Balaban J connectivity index is 1.90. The van der Waals surface area contributed by atoms with E-state index in [-0.39, 0.29) is 25.4 Å². The fraction of sp³-hybridized carbons (Fsp3) is 0.316. The first-order valence-electron chi connectivity index (χ1n) is 8.20. The largest absolute Gasteiger partial charge is 0.489 e. The summed E-state index contributed by atoms with van der Waals surface area (Å²) in [6, 6.07) is 9.94. The predicted molar refractivity (Wildman–Crippen MR) is 94.8 cm³/mol. The third-order valence-corrected chi connectivity index (χ3v) is 3.64. The van der Waals surface area contributed by atoms with E-state index in [4.69, 9.17) is 14.6 Å². The molecule has 0 aliphatic rings. The third-order valence-electron chi connectivity index (χ3n) is 3.64. The van der Waals surface area contributed by atoms with E-state index in [0.29, 0.717) is 12.4 Å². The summed E-state index contributed by atoms with van der Waals surface area (Å²) < 4.78 is 10.6. The monoisotopic (exact) mass is 358 g/mol. The smallest absolute Gasteiger partial charge is 0.326 e. The molecule has 0 aliphatic heterocycles. The average molecular weight is 358 g/mol. The number of carboxylic acid groups (broad SMARTS) is 1. The highest BCUT2D eigenvalue weighted by Crippen LogP contribution is 2.15. The lowest BCUT2D eigenvalue weighted by atomic mass is 10.1. The van der Waals surface area contributed by atoms with Crippen LogP contribution >= 0.6 is 0 Å². The Bertz CT molecular complexity index is 721. The predicted octanol–water partition coefficient (Wildman–Crippen LogP) is 1.81. The van der Waals surface area contributed by atoms with Gasteiger partial charge in [0, 0.05) is 38.1 Å². The van der Waals surface area contributed by atoms with Crippen LogP contribution in [0.5, 0.6) is 5.75 Å². The van der Waals surface area contributed by atoms with Gasteiger partial charge in [0.15, 0.2) is 0 Å². The summed E-state index contributed by atoms with van der Waals surface area (Å²) in [6.07, 6.45) is 3.70. The summed E-state index contributed by atoms with van der Waals surface area (Å²) in [7, 11) is 1.48. The molecular weight excluding hydrogens is 336 g/mol. The van der Waals surface area contributed by atoms with Crippen LogP contribution < -0.4 is 10.1 Å². The van der Waals surface area contributed by atoms with Crippen molar-refractivity contribution >= 4 is 11.9 Å². The van der Waals surface area contributed by atoms with Crippen LogP contribution in [-0.4, -0.2) is 41.7 Å². The Hall–Kier alpha value is -2.93. The van der Waals surface area contributed by atoms with Crippen molar-refractivity contribution in [2.75, 3.05) is 13.7 Å². The molecule has 0 saturated heterocycles. The Kier molecular flexibility index (Phi) is 7.57. The van der Waals surface area contributed by atoms with Gasteiger partial charge in [-0.1, -0.05) is 18.2 Å². The number of methoxy groups -OCH3 is 1. The van der Waals surface area contributed by atoms with Crippen LogP contribution in [0.2, 0.25) is 0 Å². The normalized spacial score (nSPS) is 11.6. The van der Waals surface area contributed by atoms with Gasteiger partial charge in [-0.2, -0.15) is 0 Å². The summed E-state index contributed by atoms with van der Waals surface area (Å²) in [5.41, 5.74) is 1.68. The topological polar surface area (TPSA) is 97.8 Å². The Labute approximate surface area is 152 Å². The van der Waals surface area contributed by atoms with Gasteiger partial charge >= 0.3 is 5.97 Å². The molecule has 0 radical (unpaired) electrons. The van der Waals surface area contributed by atoms with Gasteiger partial charge in [0.2, 0.25) is 5.91 Å². The number of ether oxygens (including phenoxy) is 2. The second-order valence-corrected chi connectivity index (χ2v) is 5.71. The van der Waals surface area contributed by atoms with Crippen LogP contribution in [0.15, 0.2) is 48.8 Å². The van der Waals surface area contributed by atoms with Crippen molar-refractivity contribution < 1.29 is 24.2 Å². The van der Waals surface area contributed by atoms with Crippen LogP contribution in [0.3, 0.4) is 0 Å². The average Bonchev–Trinajstić information content (AvgIpc) is 2.64. The maximum Gasteiger partial charge on any atom is 0.326 e. The summed E-state index contributed by atoms with van der Waals surface area (Å²) >= 11 is 0. The van der Waals surface area contributed by atoms with Crippen LogP contribution in [0.4, 0.5) is 0 Å². The summed E-state index contributed by atoms with van der Waals surface area (Å²) in [5, 5.41) is 11.7. The number of hydrogen-bond donors (Lipinski definition) is 2. The zero-order chi connectivity index (χ0) is 18.8. The molecule has 138 valence electrons. The number of carbonyl (C=O) groups is 2. The third kappa shape index (κ3) is 6.52. The zero-order valence-corrected chi connectivity index (χ0v) is 14.6. The van der Waals surface area contributed by atoms with E-state index in [0.717, 1.165) is 11.1 Å². The van der Waals surface area contributed by atoms with E-state index in [2.05, 4.69) is 10.3 Å². The molecule has 2 N–H and O–H groups in total. The molecule has 7 nitrogen and oxygen atoms in total. The zero-order valence-electron chi connectivity index (χ0n) is 14.6. The molecule has 2 aromatic rings. The van der Waals surface area contributed by atoms with Gasteiger partial charge in [-0.25, -0.2) is 4.79 Å². The molecule has 1 aromatic heterocycles. The molecule has 2 rings (SSSR count). The molecule has 0 aliphatic carbocycles. The van der Waals surface area contributed by atoms with E-state index in [1.165, 1.54) is 7.11 Å². The highest BCUT2D eigenvalue weighted by molar-refractivity contribution is 5.84. The van der Waals surface area contributed by atoms with Gasteiger partial charge in [0.05, 0.1) is 6.42 Å². The first-order valence-corrected chi connectivity index (χ1v) is 8.20. The molecular formula is C19H22N2O5. The van der Waals surface area contributed by atoms with Gasteiger partial charge in [0.25, 0.3) is 0 Å². The number of aliphatic carboxylic acids is 1. The highest BCUT2D eigenvalue weighted by Gasteiger charge is 2.19. The maximum absolute atomic E-state index is 12.1. The van der Waals surface area contributed by atoms with Gasteiger partial charge in [-0.15, -0.1) is 0 Å². The molecule has 1 aromatic carbocycles. The number of hydrogen-bond acceptors (Lipinski definition) is 5. The van der Waals surface area contributed by atoms with E-state index >= 15 is 0 Å². The number of pyridine rings is 1. The second-order valence-electron chi connectivity index (χ2n) is 5.71. The van der Waals surface area contributed by atoms with E-state index in [1.54, 1.807) is 36.7 Å². The first-order chi connectivity index (χ1) is 12.6. The Morgan fingerprint density at radius 3 is 2.73 bits per heavy atom. The molecule has 0 fully saturated rings. The van der Waals surface area contributed by atoms with Gasteiger partial charge in [-0.3, -0.25) is 9.78 Å². The Morgan fingerprint density at radius 2 is 2.04 bits per heavy atom. The van der Waals surface area contributed by atoms with E-state index < -0.39 is 12.0 Å². The van der Waals surface area contributed by atoms with Crippen LogP contribution in [0.1, 0.15) is 17.5 Å². The fourth-order valence-corrected chi connectivity index (χ4v) is 2.32. The van der Waals surface area contributed by atoms with Gasteiger partial charge in [0.1, 0.15) is 18.4 Å². The molecule has 1 unspecified atom stereocenters. The molecule has 0 spiro atoms. The number of amides is 1. The lowest BCUT2D eigenvalue weighted by molar-refractivity contribution is -0.142. The van der Waals surface area contributed by atoms with Crippen molar-refractivity contribution in [3.8, 4) is 5.75 Å². The second kappa shape index (κ2) is 10.1. The number of nitrogens with one attached hydrogen (secondary N) is 1. The van der Waals surface area contributed by atoms with E-state index in [1.807, 2.05) is 12.1 Å².